The average Bonchev–Trinajstić information content (AvgIpc) is 3.20. The molecule has 0 bridgehead atoms. The highest BCUT2D eigenvalue weighted by molar-refractivity contribution is 9.10. The van der Waals surface area contributed by atoms with Crippen LogP contribution in [0.1, 0.15) is 17.0 Å². The second-order valence-corrected chi connectivity index (χ2v) is 7.64. The van der Waals surface area contributed by atoms with E-state index in [-0.39, 0.29) is 5.56 Å². The standard InChI is InChI=1S/C20H14BrN3O2S/c1-26-16-9-8-15(21)11-14(16)12-17-19(25)24-20(27-17)22-18(23-24)10-7-13-5-3-2-4-6-13/h2-12H,1H3/b10-7+,17-12-. The summed E-state index contributed by atoms with van der Waals surface area (Å²) in [4.78, 5) is 17.7. The molecule has 0 amide bonds. The molecule has 0 N–H and O–H groups in total. The van der Waals surface area contributed by atoms with E-state index in [0.717, 1.165) is 15.6 Å². The first kappa shape index (κ1) is 17.6. The third-order valence-corrected chi connectivity index (χ3v) is 5.35. The van der Waals surface area contributed by atoms with Gasteiger partial charge in [-0.2, -0.15) is 9.50 Å². The van der Waals surface area contributed by atoms with Crippen molar-refractivity contribution in [1.29, 1.82) is 0 Å². The lowest BCUT2D eigenvalue weighted by Gasteiger charge is -2.04. The lowest BCUT2D eigenvalue weighted by molar-refractivity contribution is 0.414. The largest absolute Gasteiger partial charge is 0.496 e. The van der Waals surface area contributed by atoms with Crippen LogP contribution in [0, 0.1) is 0 Å². The van der Waals surface area contributed by atoms with E-state index >= 15 is 0 Å². The molecule has 134 valence electrons. The molecule has 0 aliphatic heterocycles. The number of thiazole rings is 1. The number of methoxy groups -OCH3 is 1. The molecule has 0 aliphatic carbocycles. The van der Waals surface area contributed by atoms with Gasteiger partial charge in [0.1, 0.15) is 5.75 Å². The maximum Gasteiger partial charge on any atom is 0.291 e. The van der Waals surface area contributed by atoms with E-state index in [1.54, 1.807) is 19.3 Å². The summed E-state index contributed by atoms with van der Waals surface area (Å²) in [6.45, 7) is 0. The molecule has 0 unspecified atom stereocenters. The molecule has 27 heavy (non-hydrogen) atoms. The molecular weight excluding hydrogens is 426 g/mol. The van der Waals surface area contributed by atoms with Crippen molar-refractivity contribution in [2.24, 2.45) is 0 Å². The number of hydrogen-bond acceptors (Lipinski definition) is 5. The van der Waals surface area contributed by atoms with Crippen LogP contribution in [0.5, 0.6) is 5.75 Å². The molecule has 0 atom stereocenters. The van der Waals surface area contributed by atoms with Crippen molar-refractivity contribution in [2.45, 2.75) is 0 Å². The number of rotatable bonds is 4. The Bertz CT molecular complexity index is 1250. The van der Waals surface area contributed by atoms with Gasteiger partial charge >= 0.3 is 0 Å². The van der Waals surface area contributed by atoms with Crippen molar-refractivity contribution in [3.63, 3.8) is 0 Å². The molecule has 0 spiro atoms. The number of hydrogen-bond donors (Lipinski definition) is 0. The van der Waals surface area contributed by atoms with Crippen molar-refractivity contribution in [2.75, 3.05) is 7.11 Å². The SMILES string of the molecule is COc1ccc(Br)cc1/C=c1\sc2nc(/C=C/c3ccccc3)nn2c1=O. The first-order chi connectivity index (χ1) is 13.1. The summed E-state index contributed by atoms with van der Waals surface area (Å²) in [6, 6.07) is 15.5. The third kappa shape index (κ3) is 3.70. The zero-order valence-electron chi connectivity index (χ0n) is 14.3. The van der Waals surface area contributed by atoms with Gasteiger partial charge in [-0.3, -0.25) is 4.79 Å². The molecule has 2 aromatic heterocycles. The van der Waals surface area contributed by atoms with Gasteiger partial charge in [0, 0.05) is 10.0 Å². The maximum atomic E-state index is 12.7. The second-order valence-electron chi connectivity index (χ2n) is 5.71. The van der Waals surface area contributed by atoms with Gasteiger partial charge < -0.3 is 4.74 Å². The van der Waals surface area contributed by atoms with Gasteiger partial charge in [-0.25, -0.2) is 0 Å². The van der Waals surface area contributed by atoms with Crippen LogP contribution in [0.15, 0.2) is 57.8 Å². The van der Waals surface area contributed by atoms with Gasteiger partial charge in [0.2, 0.25) is 4.96 Å². The van der Waals surface area contributed by atoms with Gasteiger partial charge in [-0.15, -0.1) is 5.10 Å². The molecule has 0 radical (unpaired) electrons. The number of nitrogens with zero attached hydrogens (tertiary/aromatic N) is 3. The summed E-state index contributed by atoms with van der Waals surface area (Å²) >= 11 is 4.75. The van der Waals surface area contributed by atoms with Crippen LogP contribution >= 0.6 is 27.3 Å². The highest BCUT2D eigenvalue weighted by Crippen LogP contribution is 2.23. The van der Waals surface area contributed by atoms with E-state index in [2.05, 4.69) is 26.0 Å². The fraction of sp³-hybridized carbons (Fsp3) is 0.0500. The fourth-order valence-corrected chi connectivity index (χ4v) is 3.90. The van der Waals surface area contributed by atoms with Gasteiger partial charge in [0.05, 0.1) is 11.6 Å². The van der Waals surface area contributed by atoms with E-state index in [9.17, 15) is 4.79 Å². The van der Waals surface area contributed by atoms with E-state index in [1.165, 1.54) is 15.9 Å². The van der Waals surface area contributed by atoms with Crippen LogP contribution in [0.3, 0.4) is 0 Å². The van der Waals surface area contributed by atoms with E-state index in [4.69, 9.17) is 4.74 Å². The Morgan fingerprint density at radius 1 is 1.15 bits per heavy atom. The average molecular weight is 440 g/mol. The molecule has 2 aromatic carbocycles. The van der Waals surface area contributed by atoms with Crippen LogP contribution in [0.4, 0.5) is 0 Å². The molecule has 4 aromatic rings. The minimum absolute atomic E-state index is 0.191. The molecule has 4 rings (SSSR count). The Morgan fingerprint density at radius 3 is 2.70 bits per heavy atom. The first-order valence-corrected chi connectivity index (χ1v) is 9.73. The van der Waals surface area contributed by atoms with Gasteiger partial charge in [-0.1, -0.05) is 63.7 Å². The van der Waals surface area contributed by atoms with Crippen molar-refractivity contribution in [3.05, 3.63) is 84.8 Å². The van der Waals surface area contributed by atoms with E-state index < -0.39 is 0 Å². The molecular formula is C20H14BrN3O2S. The predicted molar refractivity (Wildman–Crippen MR) is 112 cm³/mol. The molecule has 0 fully saturated rings. The van der Waals surface area contributed by atoms with Gasteiger partial charge in [0.25, 0.3) is 5.56 Å². The minimum Gasteiger partial charge on any atom is -0.496 e. The summed E-state index contributed by atoms with van der Waals surface area (Å²) in [5.74, 6) is 1.21. The van der Waals surface area contributed by atoms with Crippen molar-refractivity contribution < 1.29 is 4.74 Å². The zero-order chi connectivity index (χ0) is 18.8. The smallest absolute Gasteiger partial charge is 0.291 e. The topological polar surface area (TPSA) is 56.5 Å². The minimum atomic E-state index is -0.191. The molecule has 0 saturated carbocycles. The predicted octanol–water partition coefficient (Wildman–Crippen LogP) is 3.64. The van der Waals surface area contributed by atoms with Crippen LogP contribution in [0.25, 0.3) is 23.2 Å². The van der Waals surface area contributed by atoms with Crippen molar-refractivity contribution in [1.82, 2.24) is 14.6 Å². The Kier molecular flexibility index (Phi) is 4.87. The summed E-state index contributed by atoms with van der Waals surface area (Å²) in [5, 5.41) is 4.31. The lowest BCUT2D eigenvalue weighted by atomic mass is 10.2. The van der Waals surface area contributed by atoms with E-state index in [1.807, 2.05) is 54.6 Å². The highest BCUT2D eigenvalue weighted by Gasteiger charge is 2.10. The number of fused-ring (bicyclic) bond motifs is 1. The lowest BCUT2D eigenvalue weighted by Crippen LogP contribution is -2.23. The molecule has 5 nitrogen and oxygen atoms in total. The third-order valence-electron chi connectivity index (χ3n) is 3.90. The number of ether oxygens (including phenoxy) is 1. The maximum absolute atomic E-state index is 12.7. The summed E-state index contributed by atoms with van der Waals surface area (Å²) in [7, 11) is 1.60. The molecule has 0 saturated heterocycles. The zero-order valence-corrected chi connectivity index (χ0v) is 16.7. The second kappa shape index (κ2) is 7.46. The quantitative estimate of drug-likeness (QED) is 0.486. The Hall–Kier alpha value is -2.77. The Morgan fingerprint density at radius 2 is 1.96 bits per heavy atom. The molecule has 2 heterocycles. The van der Waals surface area contributed by atoms with Crippen LogP contribution in [-0.2, 0) is 0 Å². The first-order valence-electron chi connectivity index (χ1n) is 8.12. The number of benzene rings is 2. The summed E-state index contributed by atoms with van der Waals surface area (Å²) in [6.07, 6.45) is 5.52. The highest BCUT2D eigenvalue weighted by atomic mass is 79.9. The summed E-state index contributed by atoms with van der Waals surface area (Å²) < 4.78 is 8.17. The summed E-state index contributed by atoms with van der Waals surface area (Å²) in [5.41, 5.74) is 1.68. The van der Waals surface area contributed by atoms with Crippen molar-refractivity contribution >= 4 is 50.5 Å². The Labute approximate surface area is 167 Å². The number of aromatic nitrogens is 3. The van der Waals surface area contributed by atoms with Gasteiger partial charge in [-0.05, 0) is 35.9 Å². The van der Waals surface area contributed by atoms with Crippen LogP contribution < -0.4 is 14.8 Å². The molecule has 7 heteroatoms. The number of halogens is 1. The van der Waals surface area contributed by atoms with Crippen molar-refractivity contribution in [3.8, 4) is 5.75 Å². The molecule has 0 aliphatic rings. The monoisotopic (exact) mass is 439 g/mol. The van der Waals surface area contributed by atoms with Gasteiger partial charge in [0.15, 0.2) is 5.82 Å². The fourth-order valence-electron chi connectivity index (χ4n) is 2.61. The van der Waals surface area contributed by atoms with Crippen LogP contribution in [-0.4, -0.2) is 21.7 Å². The van der Waals surface area contributed by atoms with E-state index in [0.29, 0.717) is 21.1 Å². The normalized spacial score (nSPS) is 12.3. The van der Waals surface area contributed by atoms with Crippen LogP contribution in [0.2, 0.25) is 0 Å². The Balaban J connectivity index is 1.72.